The van der Waals surface area contributed by atoms with Gasteiger partial charge in [0.15, 0.2) is 5.11 Å². The lowest BCUT2D eigenvalue weighted by molar-refractivity contribution is 0.180. The molecule has 0 aliphatic carbocycles. The van der Waals surface area contributed by atoms with Gasteiger partial charge in [0, 0.05) is 43.5 Å². The third-order valence-electron chi connectivity index (χ3n) is 6.34. The van der Waals surface area contributed by atoms with E-state index in [2.05, 4.69) is 76.9 Å². The highest BCUT2D eigenvalue weighted by Crippen LogP contribution is 2.41. The molecule has 32 heavy (non-hydrogen) atoms. The summed E-state index contributed by atoms with van der Waals surface area (Å²) in [6, 6.07) is 17.3. The van der Waals surface area contributed by atoms with E-state index in [4.69, 9.17) is 17.0 Å². The minimum atomic E-state index is 0.00247. The largest absolute Gasteiger partial charge is 0.385 e. The summed E-state index contributed by atoms with van der Waals surface area (Å²) in [6.07, 6.45) is 3.81. The molecule has 3 heterocycles. The Bertz CT molecular complexity index is 1060. The smallest absolute Gasteiger partial charge is 0.170 e. The number of benzene rings is 1. The zero-order chi connectivity index (χ0) is 22.7. The van der Waals surface area contributed by atoms with E-state index in [1.54, 1.807) is 7.11 Å². The Morgan fingerprint density at radius 3 is 2.56 bits per heavy atom. The third kappa shape index (κ3) is 4.30. The summed E-state index contributed by atoms with van der Waals surface area (Å²) in [6.45, 7) is 8.12. The lowest BCUT2D eigenvalue weighted by atomic mass is 9.96. The van der Waals surface area contributed by atoms with Gasteiger partial charge >= 0.3 is 0 Å². The molecule has 1 N–H and O–H groups in total. The molecule has 5 nitrogen and oxygen atoms in total. The van der Waals surface area contributed by atoms with Crippen LogP contribution in [-0.4, -0.2) is 39.8 Å². The zero-order valence-corrected chi connectivity index (χ0v) is 20.2. The Labute approximate surface area is 196 Å². The van der Waals surface area contributed by atoms with Crippen LogP contribution in [0.15, 0.2) is 54.7 Å². The molecule has 4 rings (SSSR count). The van der Waals surface area contributed by atoms with Gasteiger partial charge in [-0.3, -0.25) is 4.98 Å². The molecule has 0 amide bonds. The van der Waals surface area contributed by atoms with Crippen LogP contribution in [0.2, 0.25) is 0 Å². The first-order valence-electron chi connectivity index (χ1n) is 11.3. The zero-order valence-electron chi connectivity index (χ0n) is 19.3. The lowest BCUT2D eigenvalue weighted by Crippen LogP contribution is -2.31. The maximum absolute atomic E-state index is 5.79. The van der Waals surface area contributed by atoms with Crippen LogP contribution in [0.1, 0.15) is 53.6 Å². The predicted octanol–water partition coefficient (Wildman–Crippen LogP) is 5.06. The van der Waals surface area contributed by atoms with Crippen molar-refractivity contribution in [1.29, 1.82) is 0 Å². The molecule has 1 aromatic carbocycles. The van der Waals surface area contributed by atoms with Gasteiger partial charge in [-0.15, -0.1) is 0 Å². The van der Waals surface area contributed by atoms with Crippen molar-refractivity contribution in [2.24, 2.45) is 0 Å². The second-order valence-corrected chi connectivity index (χ2v) is 8.73. The van der Waals surface area contributed by atoms with Crippen molar-refractivity contribution in [3.63, 3.8) is 0 Å². The van der Waals surface area contributed by atoms with Gasteiger partial charge in [0.25, 0.3) is 0 Å². The van der Waals surface area contributed by atoms with E-state index in [0.29, 0.717) is 6.61 Å². The number of nitrogens with one attached hydrogen (secondary N) is 1. The molecule has 0 radical (unpaired) electrons. The topological polar surface area (TPSA) is 42.3 Å². The van der Waals surface area contributed by atoms with Crippen LogP contribution < -0.4 is 5.32 Å². The van der Waals surface area contributed by atoms with Crippen molar-refractivity contribution in [3.05, 3.63) is 82.9 Å². The molecule has 168 valence electrons. The molecular weight excluding hydrogens is 416 g/mol. The summed E-state index contributed by atoms with van der Waals surface area (Å²) < 4.78 is 7.65. The molecule has 3 aromatic rings. The van der Waals surface area contributed by atoms with Crippen molar-refractivity contribution in [3.8, 4) is 5.69 Å². The van der Waals surface area contributed by atoms with Gasteiger partial charge in [0.1, 0.15) is 0 Å². The summed E-state index contributed by atoms with van der Waals surface area (Å²) >= 11 is 5.79. The summed E-state index contributed by atoms with van der Waals surface area (Å²) in [7, 11) is 1.74. The second-order valence-electron chi connectivity index (χ2n) is 8.35. The normalized spacial score (nSPS) is 18.2. The van der Waals surface area contributed by atoms with E-state index in [-0.39, 0.29) is 12.1 Å². The number of hydrogen-bond acceptors (Lipinski definition) is 3. The fraction of sp³-hybridized carbons (Fsp3) is 0.385. The van der Waals surface area contributed by atoms with Gasteiger partial charge in [-0.2, -0.15) is 0 Å². The maximum Gasteiger partial charge on any atom is 0.170 e. The Morgan fingerprint density at radius 1 is 1.12 bits per heavy atom. The van der Waals surface area contributed by atoms with Crippen molar-refractivity contribution in [2.45, 2.75) is 45.7 Å². The van der Waals surface area contributed by atoms with E-state index >= 15 is 0 Å². The van der Waals surface area contributed by atoms with Crippen LogP contribution in [0, 0.1) is 13.8 Å². The molecule has 2 atom stereocenters. The summed E-state index contributed by atoms with van der Waals surface area (Å²) in [4.78, 5) is 6.96. The minimum Gasteiger partial charge on any atom is -0.385 e. The highest BCUT2D eigenvalue weighted by molar-refractivity contribution is 7.80. The van der Waals surface area contributed by atoms with Gasteiger partial charge in [-0.1, -0.05) is 25.1 Å². The highest BCUT2D eigenvalue weighted by Gasteiger charge is 2.41. The number of aromatic nitrogens is 2. The number of thiocarbonyl (C=S) groups is 1. The van der Waals surface area contributed by atoms with Crippen LogP contribution in [-0.2, 0) is 11.2 Å². The minimum absolute atomic E-state index is 0.00247. The molecule has 1 aliphatic heterocycles. The van der Waals surface area contributed by atoms with Crippen LogP contribution in [0.5, 0.6) is 0 Å². The standard InChI is InChI=1S/C26H32N4OS/c1-5-20-10-12-21(13-11-20)30-18(2)17-22(19(30)3)25-24(23-9-6-7-14-27-23)28-26(32)29(25)15-8-16-31-4/h6-7,9-14,17,24-25H,5,8,15-16H2,1-4H3,(H,28,32)/t24-,25-/m0/s1. The summed E-state index contributed by atoms with van der Waals surface area (Å²) in [5.74, 6) is 0. The number of rotatable bonds is 8. The fourth-order valence-corrected chi connectivity index (χ4v) is 5.06. The van der Waals surface area contributed by atoms with Crippen LogP contribution in [0.25, 0.3) is 5.69 Å². The van der Waals surface area contributed by atoms with E-state index in [1.165, 1.54) is 28.2 Å². The number of hydrogen-bond donors (Lipinski definition) is 1. The van der Waals surface area contributed by atoms with E-state index < -0.39 is 0 Å². The Balaban J connectivity index is 1.76. The first kappa shape index (κ1) is 22.5. The van der Waals surface area contributed by atoms with E-state index in [9.17, 15) is 0 Å². The average molecular weight is 449 g/mol. The molecular formula is C26H32N4OS. The fourth-order valence-electron chi connectivity index (χ4n) is 4.73. The molecule has 2 aromatic heterocycles. The Hall–Kier alpha value is -2.70. The van der Waals surface area contributed by atoms with Gasteiger partial charge in [-0.05, 0) is 80.4 Å². The van der Waals surface area contributed by atoms with Crippen LogP contribution in [0.4, 0.5) is 0 Å². The van der Waals surface area contributed by atoms with Gasteiger partial charge in [0.2, 0.25) is 0 Å². The number of methoxy groups -OCH3 is 1. The van der Waals surface area contributed by atoms with Crippen molar-refractivity contribution in [2.75, 3.05) is 20.3 Å². The first-order chi connectivity index (χ1) is 15.5. The van der Waals surface area contributed by atoms with E-state index in [0.717, 1.165) is 30.2 Å². The van der Waals surface area contributed by atoms with Crippen LogP contribution in [0.3, 0.4) is 0 Å². The Kier molecular flexibility index (Phi) is 6.92. The lowest BCUT2D eigenvalue weighted by Gasteiger charge is -2.28. The number of aryl methyl sites for hydroxylation is 2. The molecule has 1 fully saturated rings. The average Bonchev–Trinajstić information content (AvgIpc) is 3.29. The molecule has 0 spiro atoms. The van der Waals surface area contributed by atoms with Gasteiger partial charge < -0.3 is 19.5 Å². The Morgan fingerprint density at radius 2 is 1.91 bits per heavy atom. The molecule has 0 saturated carbocycles. The second kappa shape index (κ2) is 9.84. The monoisotopic (exact) mass is 448 g/mol. The highest BCUT2D eigenvalue weighted by atomic mass is 32.1. The van der Waals surface area contributed by atoms with Crippen molar-refractivity contribution >= 4 is 17.3 Å². The molecule has 0 bridgehead atoms. The quantitative estimate of drug-likeness (QED) is 0.385. The maximum atomic E-state index is 5.79. The first-order valence-corrected chi connectivity index (χ1v) is 11.7. The SMILES string of the molecule is CCc1ccc(-n2c(C)cc([C@H]3[C@H](c4ccccn4)NC(=S)N3CCCOC)c2C)cc1. The third-order valence-corrected chi connectivity index (χ3v) is 6.69. The summed E-state index contributed by atoms with van der Waals surface area (Å²) in [5.41, 5.74) is 7.28. The number of ether oxygens (including phenoxy) is 1. The molecule has 1 aliphatic rings. The molecule has 0 unspecified atom stereocenters. The van der Waals surface area contributed by atoms with E-state index in [1.807, 2.05) is 18.3 Å². The summed E-state index contributed by atoms with van der Waals surface area (Å²) in [5, 5.41) is 4.33. The van der Waals surface area contributed by atoms with Gasteiger partial charge in [0.05, 0.1) is 17.8 Å². The van der Waals surface area contributed by atoms with Crippen molar-refractivity contribution < 1.29 is 4.74 Å². The number of pyridine rings is 1. The van der Waals surface area contributed by atoms with Crippen molar-refractivity contribution in [1.82, 2.24) is 19.8 Å². The predicted molar refractivity (Wildman–Crippen MR) is 133 cm³/mol. The molecule has 1 saturated heterocycles. The van der Waals surface area contributed by atoms with Crippen LogP contribution >= 0.6 is 12.2 Å². The number of nitrogens with zero attached hydrogens (tertiary/aromatic N) is 3. The van der Waals surface area contributed by atoms with Gasteiger partial charge in [-0.25, -0.2) is 0 Å². The molecule has 6 heteroatoms.